The van der Waals surface area contributed by atoms with Crippen molar-refractivity contribution >= 4 is 23.8 Å². The minimum absolute atomic E-state index is 0.276. The third-order valence-corrected chi connectivity index (χ3v) is 3.70. The van der Waals surface area contributed by atoms with Gasteiger partial charge in [-0.3, -0.25) is 4.99 Å². The number of aliphatic imine (C=N–C) groups is 1. The molecule has 136 valence electrons. The second kappa shape index (κ2) is 12.3. The summed E-state index contributed by atoms with van der Waals surface area (Å²) in [5.74, 6) is 1.96. The molecule has 2 N–H and O–H groups in total. The Morgan fingerprint density at radius 2 is 1.87 bits per heavy atom. The lowest BCUT2D eigenvalue weighted by atomic mass is 10.2. The fourth-order valence-corrected chi connectivity index (χ4v) is 2.31. The van der Waals surface area contributed by atoms with E-state index in [9.17, 15) is 4.79 Å². The Kier molecular flexibility index (Phi) is 11.7. The molecule has 0 spiro atoms. The van der Waals surface area contributed by atoms with Crippen LogP contribution in [0.1, 0.15) is 40.5 Å². The first-order valence-electron chi connectivity index (χ1n) is 8.25. The Bertz CT molecular complexity index is 356. The summed E-state index contributed by atoms with van der Waals surface area (Å²) in [4.78, 5) is 17.9. The second-order valence-electron chi connectivity index (χ2n) is 6.19. The summed E-state index contributed by atoms with van der Waals surface area (Å²) in [6.07, 6.45) is 4.17. The van der Waals surface area contributed by atoms with Gasteiger partial charge in [-0.2, -0.15) is 11.8 Å². The third kappa shape index (κ3) is 12.0. The monoisotopic (exact) mass is 346 g/mol. The van der Waals surface area contributed by atoms with E-state index in [4.69, 9.17) is 4.74 Å². The number of rotatable bonds is 9. The highest BCUT2D eigenvalue weighted by Crippen LogP contribution is 2.09. The molecular formula is C16H34N4O2S. The molecule has 6 nitrogen and oxygen atoms in total. The van der Waals surface area contributed by atoms with Crippen LogP contribution in [0.3, 0.4) is 0 Å². The summed E-state index contributed by atoms with van der Waals surface area (Å²) in [6, 6.07) is 0. The zero-order valence-electron chi connectivity index (χ0n) is 15.6. The van der Waals surface area contributed by atoms with Crippen molar-refractivity contribution in [2.75, 3.05) is 45.2 Å². The number of hydrogen-bond acceptors (Lipinski definition) is 4. The second-order valence-corrected chi connectivity index (χ2v) is 7.17. The Hall–Kier alpha value is -1.11. The number of carbonyl (C=O) groups is 1. The highest BCUT2D eigenvalue weighted by atomic mass is 32.2. The van der Waals surface area contributed by atoms with Gasteiger partial charge in [0, 0.05) is 33.2 Å². The normalized spacial score (nSPS) is 12.0. The minimum atomic E-state index is -0.466. The van der Waals surface area contributed by atoms with Crippen LogP contribution < -0.4 is 10.6 Å². The third-order valence-electron chi connectivity index (χ3n) is 3.00. The smallest absolute Gasteiger partial charge is 0.410 e. The van der Waals surface area contributed by atoms with E-state index in [1.54, 1.807) is 11.9 Å². The Morgan fingerprint density at radius 1 is 1.22 bits per heavy atom. The molecule has 0 heterocycles. The van der Waals surface area contributed by atoms with Crippen LogP contribution in [0.25, 0.3) is 0 Å². The molecule has 0 bridgehead atoms. The number of guanidine groups is 1. The molecule has 0 saturated heterocycles. The highest BCUT2D eigenvalue weighted by molar-refractivity contribution is 7.98. The van der Waals surface area contributed by atoms with Crippen LogP contribution in [0.15, 0.2) is 4.99 Å². The van der Waals surface area contributed by atoms with Crippen molar-refractivity contribution in [2.45, 2.75) is 46.1 Å². The first-order chi connectivity index (χ1) is 10.8. The molecular weight excluding hydrogens is 312 g/mol. The number of unbranched alkanes of at least 4 members (excludes halogenated alkanes) is 1. The average molecular weight is 347 g/mol. The van der Waals surface area contributed by atoms with Crippen molar-refractivity contribution in [3.8, 4) is 0 Å². The van der Waals surface area contributed by atoms with Gasteiger partial charge in [-0.25, -0.2) is 4.79 Å². The van der Waals surface area contributed by atoms with E-state index in [2.05, 4.69) is 21.9 Å². The summed E-state index contributed by atoms with van der Waals surface area (Å²) < 4.78 is 5.39. The van der Waals surface area contributed by atoms with Gasteiger partial charge < -0.3 is 20.3 Å². The SMILES string of the molecule is CCN(CCNC(=NC)NCCCCSC)C(=O)OC(C)(C)C. The van der Waals surface area contributed by atoms with Gasteiger partial charge in [0.15, 0.2) is 5.96 Å². The number of hydrogen-bond donors (Lipinski definition) is 2. The molecule has 0 aliphatic heterocycles. The molecule has 23 heavy (non-hydrogen) atoms. The maximum atomic E-state index is 12.0. The van der Waals surface area contributed by atoms with Crippen LogP contribution in [-0.2, 0) is 4.74 Å². The van der Waals surface area contributed by atoms with E-state index in [0.29, 0.717) is 19.6 Å². The number of thioether (sulfide) groups is 1. The molecule has 0 aliphatic rings. The van der Waals surface area contributed by atoms with Crippen LogP contribution in [0, 0.1) is 0 Å². The zero-order valence-corrected chi connectivity index (χ0v) is 16.4. The lowest BCUT2D eigenvalue weighted by Crippen LogP contribution is -2.44. The number of amides is 1. The summed E-state index contributed by atoms with van der Waals surface area (Å²) >= 11 is 1.87. The fraction of sp³-hybridized carbons (Fsp3) is 0.875. The molecule has 0 aliphatic carbocycles. The molecule has 0 atom stereocenters. The van der Waals surface area contributed by atoms with E-state index in [1.807, 2.05) is 39.5 Å². The Morgan fingerprint density at radius 3 is 2.39 bits per heavy atom. The number of nitrogens with one attached hydrogen (secondary N) is 2. The number of nitrogens with zero attached hydrogens (tertiary/aromatic N) is 2. The van der Waals surface area contributed by atoms with Crippen LogP contribution in [-0.4, -0.2) is 67.8 Å². The van der Waals surface area contributed by atoms with Crippen molar-refractivity contribution in [3.05, 3.63) is 0 Å². The maximum absolute atomic E-state index is 12.0. The Balaban J connectivity index is 4.05. The molecule has 0 unspecified atom stereocenters. The lowest BCUT2D eigenvalue weighted by Gasteiger charge is -2.26. The average Bonchev–Trinajstić information content (AvgIpc) is 2.47. The number of likely N-dealkylation sites (N-methyl/N-ethyl adjacent to an activating group) is 1. The van der Waals surface area contributed by atoms with Gasteiger partial charge in [0.25, 0.3) is 0 Å². The highest BCUT2D eigenvalue weighted by Gasteiger charge is 2.20. The molecule has 7 heteroatoms. The van der Waals surface area contributed by atoms with Crippen LogP contribution >= 0.6 is 11.8 Å². The molecule has 0 aromatic rings. The minimum Gasteiger partial charge on any atom is -0.444 e. The van der Waals surface area contributed by atoms with Crippen LogP contribution in [0.2, 0.25) is 0 Å². The molecule has 0 aromatic carbocycles. The summed E-state index contributed by atoms with van der Waals surface area (Å²) in [6.45, 7) is 10.3. The van der Waals surface area contributed by atoms with Crippen molar-refractivity contribution in [2.24, 2.45) is 4.99 Å². The predicted molar refractivity (Wildman–Crippen MR) is 100 cm³/mol. The van der Waals surface area contributed by atoms with E-state index in [1.165, 1.54) is 12.2 Å². The Labute approximate surface area is 145 Å². The molecule has 0 rings (SSSR count). The molecule has 0 radical (unpaired) electrons. The topological polar surface area (TPSA) is 66.0 Å². The van der Waals surface area contributed by atoms with Gasteiger partial charge in [-0.1, -0.05) is 0 Å². The van der Waals surface area contributed by atoms with Crippen molar-refractivity contribution in [1.82, 2.24) is 15.5 Å². The van der Waals surface area contributed by atoms with Gasteiger partial charge in [-0.15, -0.1) is 0 Å². The number of ether oxygens (including phenoxy) is 1. The quantitative estimate of drug-likeness (QED) is 0.382. The van der Waals surface area contributed by atoms with Crippen molar-refractivity contribution in [3.63, 3.8) is 0 Å². The van der Waals surface area contributed by atoms with Gasteiger partial charge >= 0.3 is 6.09 Å². The van der Waals surface area contributed by atoms with Crippen LogP contribution in [0.5, 0.6) is 0 Å². The van der Waals surface area contributed by atoms with Gasteiger partial charge in [0.2, 0.25) is 0 Å². The number of carbonyl (C=O) groups excluding carboxylic acids is 1. The molecule has 0 aromatic heterocycles. The van der Waals surface area contributed by atoms with Crippen molar-refractivity contribution < 1.29 is 9.53 Å². The summed E-state index contributed by atoms with van der Waals surface area (Å²) in [5.41, 5.74) is -0.466. The van der Waals surface area contributed by atoms with Gasteiger partial charge in [-0.05, 0) is 52.5 Å². The largest absolute Gasteiger partial charge is 0.444 e. The van der Waals surface area contributed by atoms with Crippen molar-refractivity contribution in [1.29, 1.82) is 0 Å². The van der Waals surface area contributed by atoms with E-state index < -0.39 is 5.60 Å². The summed E-state index contributed by atoms with van der Waals surface area (Å²) in [5, 5.41) is 6.51. The first kappa shape index (κ1) is 21.9. The standard InChI is InChI=1S/C16H34N4O2S/c1-7-20(15(21)22-16(2,3)4)12-11-19-14(17-5)18-10-8-9-13-23-6/h7-13H2,1-6H3,(H2,17,18,19). The van der Waals surface area contributed by atoms with Gasteiger partial charge in [0.1, 0.15) is 5.60 Å². The maximum Gasteiger partial charge on any atom is 0.410 e. The molecule has 0 saturated carbocycles. The fourth-order valence-electron chi connectivity index (χ4n) is 1.81. The molecule has 1 amide bonds. The zero-order chi connectivity index (χ0) is 17.7. The molecule has 0 fully saturated rings. The van der Waals surface area contributed by atoms with E-state index >= 15 is 0 Å². The first-order valence-corrected chi connectivity index (χ1v) is 9.64. The van der Waals surface area contributed by atoms with E-state index in [0.717, 1.165) is 18.9 Å². The predicted octanol–water partition coefficient (Wildman–Crippen LogP) is 2.55. The van der Waals surface area contributed by atoms with Gasteiger partial charge in [0.05, 0.1) is 0 Å². The summed E-state index contributed by atoms with van der Waals surface area (Å²) in [7, 11) is 1.75. The lowest BCUT2D eigenvalue weighted by molar-refractivity contribution is 0.0264. The van der Waals surface area contributed by atoms with E-state index in [-0.39, 0.29) is 6.09 Å². The van der Waals surface area contributed by atoms with Crippen LogP contribution in [0.4, 0.5) is 4.79 Å².